The van der Waals surface area contributed by atoms with Gasteiger partial charge in [-0.3, -0.25) is 19.4 Å². The van der Waals surface area contributed by atoms with E-state index in [0.29, 0.717) is 23.9 Å². The molecule has 1 atom stereocenters. The van der Waals surface area contributed by atoms with E-state index in [0.717, 1.165) is 11.1 Å². The Bertz CT molecular complexity index is 1190. The number of hydrogen-bond donors (Lipinski definition) is 6. The van der Waals surface area contributed by atoms with E-state index in [9.17, 15) is 19.2 Å². The number of aromatic nitrogens is 3. The average molecular weight is 468 g/mol. The second-order valence-electron chi connectivity index (χ2n) is 6.98. The zero-order valence-electron chi connectivity index (χ0n) is 18.3. The fraction of sp³-hybridized carbons (Fsp3) is 0.250. The van der Waals surface area contributed by atoms with Gasteiger partial charge in [-0.15, -0.1) is 0 Å². The van der Waals surface area contributed by atoms with Crippen LogP contribution in [-0.4, -0.2) is 49.1 Å². The molecule has 0 aliphatic heterocycles. The predicted molar refractivity (Wildman–Crippen MR) is 112 cm³/mol. The topological polar surface area (TPSA) is 191 Å². The molecule has 1 aromatic carbocycles. The van der Waals surface area contributed by atoms with Crippen molar-refractivity contribution >= 4 is 34.8 Å². The van der Waals surface area contributed by atoms with Gasteiger partial charge in [-0.1, -0.05) is 12.1 Å². The van der Waals surface area contributed by atoms with Gasteiger partial charge in [-0.05, 0) is 42.5 Å². The summed E-state index contributed by atoms with van der Waals surface area (Å²) in [4.78, 5) is 55.7. The molecule has 0 saturated heterocycles. The normalized spacial score (nSPS) is 11.5. The van der Waals surface area contributed by atoms with E-state index in [1.165, 1.54) is 0 Å². The fourth-order valence-corrected chi connectivity index (χ4v) is 3.19. The Hall–Kier alpha value is -2.51. The van der Waals surface area contributed by atoms with Gasteiger partial charge in [-0.2, -0.15) is 4.98 Å². The third kappa shape index (κ3) is 6.50. The minimum Gasteiger partial charge on any atom is -1.00 e. The van der Waals surface area contributed by atoms with Crippen LogP contribution in [0.15, 0.2) is 35.3 Å². The summed E-state index contributed by atoms with van der Waals surface area (Å²) in [6, 6.07) is 5.30. The molecule has 0 aliphatic carbocycles. The Kier molecular flexibility index (Phi) is 9.16. The van der Waals surface area contributed by atoms with Gasteiger partial charge in [0.05, 0.1) is 5.39 Å². The van der Waals surface area contributed by atoms with E-state index in [2.05, 4.69) is 20.3 Å². The van der Waals surface area contributed by atoms with E-state index in [1.807, 2.05) is 0 Å². The Morgan fingerprint density at radius 2 is 1.84 bits per heavy atom. The van der Waals surface area contributed by atoms with Crippen LogP contribution in [-0.2, 0) is 22.4 Å². The van der Waals surface area contributed by atoms with Gasteiger partial charge >= 0.3 is 63.3 Å². The second-order valence-corrected chi connectivity index (χ2v) is 6.98. The van der Waals surface area contributed by atoms with Crippen LogP contribution in [0.5, 0.6) is 0 Å². The van der Waals surface area contributed by atoms with Crippen molar-refractivity contribution < 1.29 is 77.4 Å². The number of H-pyrrole nitrogens is 2. The van der Waals surface area contributed by atoms with Crippen LogP contribution in [0.3, 0.4) is 0 Å². The van der Waals surface area contributed by atoms with E-state index < -0.39 is 23.9 Å². The van der Waals surface area contributed by atoms with Crippen molar-refractivity contribution in [1.82, 2.24) is 20.3 Å². The number of amides is 1. The molecule has 2 heterocycles. The molecule has 0 saturated carbocycles. The summed E-state index contributed by atoms with van der Waals surface area (Å²) in [5.41, 5.74) is 7.59. The molecule has 3 rings (SSSR count). The number of nitrogens with two attached hydrogens (primary N) is 1. The van der Waals surface area contributed by atoms with Crippen molar-refractivity contribution in [2.75, 3.05) is 5.73 Å². The van der Waals surface area contributed by atoms with Gasteiger partial charge in [0.2, 0.25) is 5.95 Å². The first-order valence-corrected chi connectivity index (χ1v) is 9.44. The summed E-state index contributed by atoms with van der Waals surface area (Å²) >= 11 is 0. The molecule has 164 valence electrons. The van der Waals surface area contributed by atoms with Crippen molar-refractivity contribution in [3.8, 4) is 0 Å². The molecule has 11 nitrogen and oxygen atoms in total. The number of aryl methyl sites for hydroxylation is 2. The largest absolute Gasteiger partial charge is 1.00 e. The zero-order valence-corrected chi connectivity index (χ0v) is 20.5. The fourth-order valence-electron chi connectivity index (χ4n) is 3.19. The number of fused-ring (bicyclic) bond motifs is 1. The number of anilines is 1. The molecule has 1 amide bonds. The van der Waals surface area contributed by atoms with E-state index in [-0.39, 0.29) is 82.7 Å². The number of nitrogens with one attached hydrogen (secondary N) is 3. The smallest absolute Gasteiger partial charge is 1.00 e. The average Bonchev–Trinajstić information content (AvgIpc) is 3.12. The van der Waals surface area contributed by atoms with Gasteiger partial charge in [0.25, 0.3) is 11.5 Å². The van der Waals surface area contributed by atoms with Crippen molar-refractivity contribution in [2.24, 2.45) is 0 Å². The van der Waals surface area contributed by atoms with Crippen LogP contribution in [0, 0.1) is 0 Å². The molecule has 32 heavy (non-hydrogen) atoms. The quantitative estimate of drug-likeness (QED) is 0.191. The van der Waals surface area contributed by atoms with Crippen molar-refractivity contribution in [1.29, 1.82) is 0 Å². The molecule has 0 radical (unpaired) electrons. The Morgan fingerprint density at radius 1 is 1.16 bits per heavy atom. The van der Waals surface area contributed by atoms with Crippen LogP contribution < -0.4 is 68.0 Å². The number of carboxylic acid groups (broad SMARTS) is 2. The molecule has 2 aromatic heterocycles. The third-order valence-corrected chi connectivity index (χ3v) is 4.79. The number of nitrogen functional groups attached to an aromatic ring is 1. The maximum Gasteiger partial charge on any atom is 1.00 e. The van der Waals surface area contributed by atoms with Crippen molar-refractivity contribution in [3.63, 3.8) is 0 Å². The number of carboxylic acids is 2. The summed E-state index contributed by atoms with van der Waals surface area (Å²) in [6.45, 7) is 0. The number of hydrogen-bond acceptors (Lipinski definition) is 6. The molecular weight excluding hydrogens is 445 g/mol. The van der Waals surface area contributed by atoms with Gasteiger partial charge in [0.1, 0.15) is 11.7 Å². The number of aliphatic carboxylic acids is 2. The third-order valence-electron chi connectivity index (χ3n) is 4.79. The molecule has 0 spiro atoms. The molecular formula is C20H22KN5O6. The van der Waals surface area contributed by atoms with Crippen molar-refractivity contribution in [2.45, 2.75) is 31.7 Å². The second kappa shape index (κ2) is 11.4. The SMILES string of the molecule is Nc1nc2[nH]cc(CCc3ccc(C(=O)N[C@@H](CCC(=O)O)C(=O)O)cc3)c2c(=O)[nH]1.[H-].[K+]. The number of carbonyl (C=O) groups excluding carboxylic acids is 1. The van der Waals surface area contributed by atoms with Gasteiger partial charge in [0.15, 0.2) is 0 Å². The molecule has 0 unspecified atom stereocenters. The minimum atomic E-state index is -1.30. The predicted octanol–water partition coefficient (Wildman–Crippen LogP) is -2.22. The summed E-state index contributed by atoms with van der Waals surface area (Å²) in [6.07, 6.45) is 2.27. The first-order valence-electron chi connectivity index (χ1n) is 9.44. The zero-order chi connectivity index (χ0) is 22.5. The number of carbonyl (C=O) groups is 3. The number of benzene rings is 1. The maximum absolute atomic E-state index is 12.3. The summed E-state index contributed by atoms with van der Waals surface area (Å²) in [7, 11) is 0. The molecule has 3 aromatic rings. The number of aromatic amines is 2. The van der Waals surface area contributed by atoms with Gasteiger partial charge in [-0.25, -0.2) is 4.79 Å². The van der Waals surface area contributed by atoms with Crippen LogP contribution in [0.4, 0.5) is 5.95 Å². The van der Waals surface area contributed by atoms with E-state index >= 15 is 0 Å². The van der Waals surface area contributed by atoms with Crippen LogP contribution in [0.2, 0.25) is 0 Å². The maximum atomic E-state index is 12.3. The molecule has 0 aliphatic rings. The van der Waals surface area contributed by atoms with Crippen molar-refractivity contribution in [3.05, 3.63) is 57.5 Å². The summed E-state index contributed by atoms with van der Waals surface area (Å²) < 4.78 is 0. The molecule has 12 heteroatoms. The minimum absolute atomic E-state index is 0. The Labute approximate surface area is 225 Å². The van der Waals surface area contributed by atoms with E-state index in [4.69, 9.17) is 15.9 Å². The molecule has 0 bridgehead atoms. The summed E-state index contributed by atoms with van der Waals surface area (Å²) in [5.74, 6) is -3.00. The van der Waals surface area contributed by atoms with Crippen LogP contribution in [0.1, 0.15) is 35.8 Å². The van der Waals surface area contributed by atoms with Crippen LogP contribution >= 0.6 is 0 Å². The monoisotopic (exact) mass is 467 g/mol. The molecule has 7 N–H and O–H groups in total. The van der Waals surface area contributed by atoms with Gasteiger partial charge in [0, 0.05) is 18.2 Å². The number of nitrogens with zero attached hydrogens (tertiary/aromatic N) is 1. The first-order chi connectivity index (χ1) is 14.7. The Balaban J connectivity index is 0.00000272. The van der Waals surface area contributed by atoms with Crippen LogP contribution in [0.25, 0.3) is 11.0 Å². The Morgan fingerprint density at radius 3 is 2.47 bits per heavy atom. The summed E-state index contributed by atoms with van der Waals surface area (Å²) in [5, 5.41) is 20.6. The first kappa shape index (κ1) is 25.7. The molecule has 0 fully saturated rings. The van der Waals surface area contributed by atoms with E-state index in [1.54, 1.807) is 30.5 Å². The number of rotatable bonds is 9. The standard InChI is InChI=1S/C20H21N5O6.K.H/c21-20-24-16-15(18(29)25-20)12(9-22-16)6-3-10-1-4-11(5-2-10)17(28)23-13(19(30)31)7-8-14(26)27;;/h1-2,4-5,9,13H,3,6-8H2,(H,23,28)(H,26,27)(H,30,31)(H4,21,22,24,25,29);;/q;+1;-1/t13-;;/m0../s1. The van der Waals surface area contributed by atoms with Gasteiger partial charge < -0.3 is 27.7 Å².